The van der Waals surface area contributed by atoms with Gasteiger partial charge in [-0.25, -0.2) is 0 Å². The van der Waals surface area contributed by atoms with Crippen LogP contribution in [-0.4, -0.2) is 37.0 Å². The molecule has 0 heterocycles. The molecule has 2 bridgehead atoms. The number of nitrogens with one attached hydrogen (secondary N) is 1. The van der Waals surface area contributed by atoms with E-state index in [1.807, 2.05) is 43.3 Å². The highest BCUT2D eigenvalue weighted by atomic mass is 35.5. The molecule has 1 amide bonds. The molecule has 0 aromatic heterocycles. The van der Waals surface area contributed by atoms with Gasteiger partial charge in [-0.2, -0.15) is 0 Å². The van der Waals surface area contributed by atoms with Crippen molar-refractivity contribution in [3.63, 3.8) is 0 Å². The number of hydrogen-bond acceptors (Lipinski definition) is 3. The van der Waals surface area contributed by atoms with Crippen LogP contribution in [0.1, 0.15) is 43.7 Å². The third-order valence-electron chi connectivity index (χ3n) is 5.61. The van der Waals surface area contributed by atoms with Gasteiger partial charge in [-0.1, -0.05) is 30.2 Å². The Labute approximate surface area is 149 Å². The van der Waals surface area contributed by atoms with Crippen molar-refractivity contribution in [1.29, 1.82) is 0 Å². The highest BCUT2D eigenvalue weighted by Gasteiger charge is 2.40. The van der Waals surface area contributed by atoms with Gasteiger partial charge in [0.25, 0.3) is 0 Å². The highest BCUT2D eigenvalue weighted by Crippen LogP contribution is 2.40. The highest BCUT2D eigenvalue weighted by molar-refractivity contribution is 6.30. The number of rotatable bonds is 4. The minimum absolute atomic E-state index is 0.0691. The van der Waals surface area contributed by atoms with E-state index in [9.17, 15) is 4.79 Å². The number of likely N-dealkylation sites (N-methyl/N-ethyl adjacent to an activating group) is 1. The van der Waals surface area contributed by atoms with Crippen LogP contribution in [0.15, 0.2) is 24.3 Å². The largest absolute Gasteiger partial charge is 0.351 e. The Hall–Kier alpha value is -1.10. The molecule has 5 heteroatoms. The van der Waals surface area contributed by atoms with Crippen molar-refractivity contribution >= 4 is 17.5 Å². The summed E-state index contributed by atoms with van der Waals surface area (Å²) in [6.07, 6.45) is 5.69. The lowest BCUT2D eigenvalue weighted by Gasteiger charge is -2.45. The second-order valence-corrected chi connectivity index (χ2v) is 8.07. The van der Waals surface area contributed by atoms with E-state index in [1.165, 1.54) is 19.3 Å². The molecule has 2 aliphatic rings. The Morgan fingerprint density at radius 1 is 1.29 bits per heavy atom. The van der Waals surface area contributed by atoms with E-state index in [0.717, 1.165) is 18.4 Å². The van der Waals surface area contributed by atoms with Gasteiger partial charge in [0.2, 0.25) is 5.91 Å². The lowest BCUT2D eigenvalue weighted by molar-refractivity contribution is -0.128. The quantitative estimate of drug-likeness (QED) is 0.878. The Morgan fingerprint density at radius 2 is 1.96 bits per heavy atom. The SMILES string of the molecule is CN(C)C(C(=O)NC1C2CCCC1CC(N)C2)c1cccc(Cl)c1. The smallest absolute Gasteiger partial charge is 0.242 e. The van der Waals surface area contributed by atoms with Gasteiger partial charge in [0, 0.05) is 17.1 Å². The molecule has 1 aromatic carbocycles. The Kier molecular flexibility index (Phi) is 5.48. The van der Waals surface area contributed by atoms with Crippen LogP contribution in [0, 0.1) is 11.8 Å². The summed E-state index contributed by atoms with van der Waals surface area (Å²) in [5, 5.41) is 4.02. The molecule has 3 unspecified atom stereocenters. The number of carbonyl (C=O) groups is 1. The van der Waals surface area contributed by atoms with Crippen LogP contribution in [0.2, 0.25) is 5.02 Å². The first-order valence-corrected chi connectivity index (χ1v) is 9.31. The zero-order valence-corrected chi connectivity index (χ0v) is 15.3. The summed E-state index contributed by atoms with van der Waals surface area (Å²) < 4.78 is 0. The molecule has 2 saturated carbocycles. The third-order valence-corrected chi connectivity index (χ3v) is 5.85. The summed E-state index contributed by atoms with van der Waals surface area (Å²) in [6.45, 7) is 0. The maximum atomic E-state index is 13.1. The first-order valence-electron chi connectivity index (χ1n) is 8.93. The minimum atomic E-state index is -0.319. The number of nitrogens with two attached hydrogens (primary N) is 1. The molecular weight excluding hydrogens is 322 g/mol. The lowest BCUT2D eigenvalue weighted by Crippen LogP contribution is -2.55. The molecular formula is C19H28ClN3O. The van der Waals surface area contributed by atoms with Gasteiger partial charge in [0.1, 0.15) is 6.04 Å². The van der Waals surface area contributed by atoms with E-state index in [1.54, 1.807) is 0 Å². The van der Waals surface area contributed by atoms with Crippen LogP contribution in [0.25, 0.3) is 0 Å². The summed E-state index contributed by atoms with van der Waals surface area (Å²) in [5.41, 5.74) is 7.13. The number of benzene rings is 1. The zero-order valence-electron chi connectivity index (χ0n) is 14.5. The maximum Gasteiger partial charge on any atom is 0.242 e. The van der Waals surface area contributed by atoms with E-state index in [0.29, 0.717) is 22.9 Å². The van der Waals surface area contributed by atoms with Crippen LogP contribution < -0.4 is 11.1 Å². The molecule has 0 saturated heterocycles. The van der Waals surface area contributed by atoms with E-state index >= 15 is 0 Å². The predicted octanol–water partition coefficient (Wildman–Crippen LogP) is 2.96. The first kappa shape index (κ1) is 17.7. The van der Waals surface area contributed by atoms with Crippen molar-refractivity contribution in [3.8, 4) is 0 Å². The zero-order chi connectivity index (χ0) is 17.3. The fraction of sp³-hybridized carbons (Fsp3) is 0.632. The molecule has 3 rings (SSSR count). The number of hydrogen-bond donors (Lipinski definition) is 2. The monoisotopic (exact) mass is 349 g/mol. The molecule has 2 fully saturated rings. The molecule has 0 aliphatic heterocycles. The summed E-state index contributed by atoms with van der Waals surface area (Å²) >= 11 is 6.12. The van der Waals surface area contributed by atoms with Crippen molar-refractivity contribution in [2.45, 2.75) is 50.2 Å². The van der Waals surface area contributed by atoms with Crippen LogP contribution in [0.3, 0.4) is 0 Å². The maximum absolute atomic E-state index is 13.1. The number of halogens is 1. The number of fused-ring (bicyclic) bond motifs is 2. The van der Waals surface area contributed by atoms with Crippen molar-refractivity contribution in [2.75, 3.05) is 14.1 Å². The van der Waals surface area contributed by atoms with Crippen molar-refractivity contribution < 1.29 is 4.79 Å². The van der Waals surface area contributed by atoms with Gasteiger partial charge in [-0.05, 0) is 69.3 Å². The van der Waals surface area contributed by atoms with Gasteiger partial charge < -0.3 is 11.1 Å². The van der Waals surface area contributed by atoms with Gasteiger partial charge in [0.05, 0.1) is 0 Å². The number of amides is 1. The number of carbonyl (C=O) groups excluding carboxylic acids is 1. The average Bonchev–Trinajstić information content (AvgIpc) is 2.48. The standard InChI is InChI=1S/C19H28ClN3O/c1-23(2)18(14-7-4-8-15(20)9-14)19(24)22-17-12-5-3-6-13(17)11-16(21)10-12/h4,7-9,12-13,16-18H,3,5-6,10-11,21H2,1-2H3,(H,22,24). The topological polar surface area (TPSA) is 58.4 Å². The average molecular weight is 350 g/mol. The van der Waals surface area contributed by atoms with Crippen LogP contribution in [0.5, 0.6) is 0 Å². The Bertz CT molecular complexity index is 578. The fourth-order valence-corrected chi connectivity index (χ4v) is 4.83. The van der Waals surface area contributed by atoms with E-state index < -0.39 is 0 Å². The predicted molar refractivity (Wildman–Crippen MR) is 97.9 cm³/mol. The van der Waals surface area contributed by atoms with Gasteiger partial charge in [0.15, 0.2) is 0 Å². The minimum Gasteiger partial charge on any atom is -0.351 e. The number of nitrogens with zero attached hydrogens (tertiary/aromatic N) is 1. The summed E-state index contributed by atoms with van der Waals surface area (Å²) in [4.78, 5) is 15.0. The molecule has 2 aliphatic carbocycles. The second-order valence-electron chi connectivity index (χ2n) is 7.64. The molecule has 24 heavy (non-hydrogen) atoms. The van der Waals surface area contributed by atoms with Crippen molar-refractivity contribution in [1.82, 2.24) is 10.2 Å². The molecule has 0 spiro atoms. The Balaban J connectivity index is 1.76. The fourth-order valence-electron chi connectivity index (χ4n) is 4.63. The normalized spacial score (nSPS) is 30.9. The van der Waals surface area contributed by atoms with E-state index in [2.05, 4.69) is 5.32 Å². The third kappa shape index (κ3) is 3.76. The van der Waals surface area contributed by atoms with Crippen molar-refractivity contribution in [3.05, 3.63) is 34.9 Å². The second kappa shape index (κ2) is 7.42. The molecule has 3 atom stereocenters. The van der Waals surface area contributed by atoms with Crippen molar-refractivity contribution in [2.24, 2.45) is 17.6 Å². The summed E-state index contributed by atoms with van der Waals surface area (Å²) in [6, 6.07) is 7.83. The van der Waals surface area contributed by atoms with Crippen LogP contribution >= 0.6 is 11.6 Å². The summed E-state index contributed by atoms with van der Waals surface area (Å²) in [5.74, 6) is 1.12. The van der Waals surface area contributed by atoms with Gasteiger partial charge in [-0.15, -0.1) is 0 Å². The van der Waals surface area contributed by atoms with Gasteiger partial charge in [-0.3, -0.25) is 9.69 Å². The lowest BCUT2D eigenvalue weighted by atomic mass is 9.67. The molecule has 132 valence electrons. The first-order chi connectivity index (χ1) is 11.5. The van der Waals surface area contributed by atoms with Gasteiger partial charge >= 0.3 is 0 Å². The van der Waals surface area contributed by atoms with E-state index in [-0.39, 0.29) is 18.0 Å². The Morgan fingerprint density at radius 3 is 2.54 bits per heavy atom. The van der Waals surface area contributed by atoms with Crippen LogP contribution in [0.4, 0.5) is 0 Å². The summed E-state index contributed by atoms with van der Waals surface area (Å²) in [7, 11) is 3.87. The molecule has 1 aromatic rings. The molecule has 0 radical (unpaired) electrons. The van der Waals surface area contributed by atoms with Crippen LogP contribution in [-0.2, 0) is 4.79 Å². The molecule has 4 nitrogen and oxygen atoms in total. The van der Waals surface area contributed by atoms with E-state index in [4.69, 9.17) is 17.3 Å². The molecule has 3 N–H and O–H groups in total.